The van der Waals surface area contributed by atoms with Gasteiger partial charge in [-0.25, -0.2) is 13.6 Å². The maximum atomic E-state index is 11.4. The molecule has 0 radical (unpaired) electrons. The van der Waals surface area contributed by atoms with Crippen LogP contribution >= 0.6 is 11.6 Å². The Morgan fingerprint density at radius 3 is 2.47 bits per heavy atom. The summed E-state index contributed by atoms with van der Waals surface area (Å²) < 4.78 is 28.5. The summed E-state index contributed by atoms with van der Waals surface area (Å²) in [5.41, 5.74) is -0.368. The zero-order valence-electron chi connectivity index (χ0n) is 10.6. The second kappa shape index (κ2) is 5.69. The van der Waals surface area contributed by atoms with Crippen molar-refractivity contribution in [1.29, 1.82) is 0 Å². The number of primary sulfonamides is 1. The molecule has 0 aliphatic heterocycles. The molecule has 6 heteroatoms. The summed E-state index contributed by atoms with van der Waals surface area (Å²) in [5.74, 6) is 0.564. The van der Waals surface area contributed by atoms with Crippen LogP contribution in [0.15, 0.2) is 24.3 Å². The minimum atomic E-state index is -3.49. The van der Waals surface area contributed by atoms with Gasteiger partial charge in [-0.1, -0.05) is 36.6 Å². The molecule has 0 heterocycles. The number of nitrogens with two attached hydrogens (primary N) is 1. The molecular formula is C13H18ClNO3S. The van der Waals surface area contributed by atoms with E-state index in [0.717, 1.165) is 25.7 Å². The Labute approximate surface area is 118 Å². The minimum Gasteiger partial charge on any atom is -0.491 e. The number of rotatable bonds is 5. The summed E-state index contributed by atoms with van der Waals surface area (Å²) in [6, 6.07) is 7.19. The molecule has 1 aliphatic carbocycles. The summed E-state index contributed by atoms with van der Waals surface area (Å²) >= 11 is 6.02. The highest BCUT2D eigenvalue weighted by Gasteiger charge is 2.38. The molecule has 1 aliphatic rings. The maximum absolute atomic E-state index is 11.4. The zero-order valence-corrected chi connectivity index (χ0v) is 12.2. The number of hydrogen-bond acceptors (Lipinski definition) is 3. The molecule has 0 aromatic heterocycles. The summed E-state index contributed by atoms with van der Waals surface area (Å²) in [6.45, 7) is 0.340. The molecule has 1 aromatic rings. The number of para-hydroxylation sites is 1. The zero-order chi connectivity index (χ0) is 13.9. The SMILES string of the molecule is NS(=O)(=O)CC1(COc2ccccc2Cl)CCCC1. The van der Waals surface area contributed by atoms with Crippen molar-refractivity contribution < 1.29 is 13.2 Å². The normalized spacial score (nSPS) is 18.4. The average Bonchev–Trinajstić information content (AvgIpc) is 2.74. The van der Waals surface area contributed by atoms with Crippen molar-refractivity contribution in [1.82, 2.24) is 0 Å². The highest BCUT2D eigenvalue weighted by molar-refractivity contribution is 7.89. The molecule has 0 spiro atoms. The molecule has 0 bridgehead atoms. The topological polar surface area (TPSA) is 69.4 Å². The monoisotopic (exact) mass is 303 g/mol. The van der Waals surface area contributed by atoms with E-state index in [9.17, 15) is 8.42 Å². The van der Waals surface area contributed by atoms with E-state index in [4.69, 9.17) is 21.5 Å². The van der Waals surface area contributed by atoms with Gasteiger partial charge in [0, 0.05) is 5.41 Å². The predicted octanol–water partition coefficient (Wildman–Crippen LogP) is 2.57. The van der Waals surface area contributed by atoms with Crippen LogP contribution in [0.4, 0.5) is 0 Å². The van der Waals surface area contributed by atoms with Crippen molar-refractivity contribution in [3.05, 3.63) is 29.3 Å². The van der Waals surface area contributed by atoms with Gasteiger partial charge in [0.05, 0.1) is 17.4 Å². The van der Waals surface area contributed by atoms with Crippen molar-refractivity contribution in [3.8, 4) is 5.75 Å². The van der Waals surface area contributed by atoms with Gasteiger partial charge in [-0.2, -0.15) is 0 Å². The summed E-state index contributed by atoms with van der Waals surface area (Å²) in [7, 11) is -3.49. The number of ether oxygens (including phenoxy) is 1. The first-order chi connectivity index (χ1) is 8.90. The lowest BCUT2D eigenvalue weighted by Gasteiger charge is -2.27. The Bertz CT molecular complexity index is 539. The highest BCUT2D eigenvalue weighted by Crippen LogP contribution is 2.40. The minimum absolute atomic E-state index is 0.0234. The first-order valence-electron chi connectivity index (χ1n) is 6.28. The van der Waals surface area contributed by atoms with Gasteiger partial charge in [-0.15, -0.1) is 0 Å². The van der Waals surface area contributed by atoms with Crippen LogP contribution in [-0.4, -0.2) is 20.8 Å². The van der Waals surface area contributed by atoms with E-state index in [1.165, 1.54) is 0 Å². The molecule has 19 heavy (non-hydrogen) atoms. The average molecular weight is 304 g/mol. The van der Waals surface area contributed by atoms with Crippen molar-refractivity contribution in [2.45, 2.75) is 25.7 Å². The van der Waals surface area contributed by atoms with Crippen molar-refractivity contribution in [3.63, 3.8) is 0 Å². The lowest BCUT2D eigenvalue weighted by atomic mass is 9.90. The summed E-state index contributed by atoms with van der Waals surface area (Å²) in [6.07, 6.45) is 3.69. The third-order valence-corrected chi connectivity index (χ3v) is 4.87. The Hall–Kier alpha value is -0.780. The third kappa shape index (κ3) is 4.09. The van der Waals surface area contributed by atoms with Gasteiger partial charge in [0.1, 0.15) is 5.75 Å². The van der Waals surface area contributed by atoms with Gasteiger partial charge in [-0.3, -0.25) is 0 Å². The van der Waals surface area contributed by atoms with Gasteiger partial charge in [0.2, 0.25) is 10.0 Å². The molecule has 2 N–H and O–H groups in total. The Balaban J connectivity index is 2.08. The van der Waals surface area contributed by atoms with Gasteiger partial charge in [-0.05, 0) is 25.0 Å². The van der Waals surface area contributed by atoms with Crippen LogP contribution in [0, 0.1) is 5.41 Å². The van der Waals surface area contributed by atoms with Crippen molar-refractivity contribution in [2.75, 3.05) is 12.4 Å². The van der Waals surface area contributed by atoms with E-state index in [1.54, 1.807) is 12.1 Å². The summed E-state index contributed by atoms with van der Waals surface area (Å²) in [4.78, 5) is 0. The second-order valence-corrected chi connectivity index (χ2v) is 7.25. The van der Waals surface area contributed by atoms with Crippen LogP contribution in [0.3, 0.4) is 0 Å². The molecule has 0 atom stereocenters. The largest absolute Gasteiger partial charge is 0.491 e. The van der Waals surface area contributed by atoms with E-state index in [0.29, 0.717) is 17.4 Å². The maximum Gasteiger partial charge on any atom is 0.209 e. The molecule has 1 aromatic carbocycles. The second-order valence-electron chi connectivity index (χ2n) is 5.23. The fourth-order valence-corrected chi connectivity index (χ4v) is 4.09. The fourth-order valence-electron chi connectivity index (χ4n) is 2.67. The Morgan fingerprint density at radius 2 is 1.89 bits per heavy atom. The van der Waals surface area contributed by atoms with E-state index in [2.05, 4.69) is 0 Å². The molecule has 106 valence electrons. The van der Waals surface area contributed by atoms with E-state index >= 15 is 0 Å². The van der Waals surface area contributed by atoms with Crippen LogP contribution in [0.5, 0.6) is 5.75 Å². The smallest absolute Gasteiger partial charge is 0.209 e. The molecule has 0 unspecified atom stereocenters. The molecule has 4 nitrogen and oxygen atoms in total. The number of sulfonamides is 1. The number of halogens is 1. The standard InChI is InChI=1S/C13H18ClNO3S/c14-11-5-1-2-6-12(11)18-9-13(7-3-4-8-13)10-19(15,16)17/h1-2,5-6H,3-4,7-10H2,(H2,15,16,17). The van der Waals surface area contributed by atoms with Crippen molar-refractivity contribution >= 4 is 21.6 Å². The molecule has 1 saturated carbocycles. The lowest BCUT2D eigenvalue weighted by molar-refractivity contribution is 0.170. The first-order valence-corrected chi connectivity index (χ1v) is 8.37. The number of hydrogen-bond donors (Lipinski definition) is 1. The van der Waals surface area contributed by atoms with E-state index in [-0.39, 0.29) is 11.2 Å². The van der Waals surface area contributed by atoms with Crippen molar-refractivity contribution in [2.24, 2.45) is 10.6 Å². The quantitative estimate of drug-likeness (QED) is 0.909. The summed E-state index contributed by atoms with van der Waals surface area (Å²) in [5, 5.41) is 5.72. The molecule has 0 amide bonds. The van der Waals surface area contributed by atoms with Gasteiger partial charge < -0.3 is 4.74 Å². The Morgan fingerprint density at radius 1 is 1.26 bits per heavy atom. The predicted molar refractivity (Wildman–Crippen MR) is 75.8 cm³/mol. The number of benzene rings is 1. The fraction of sp³-hybridized carbons (Fsp3) is 0.538. The molecule has 1 fully saturated rings. The van der Waals surface area contributed by atoms with Crippen LogP contribution in [-0.2, 0) is 10.0 Å². The van der Waals surface area contributed by atoms with E-state index in [1.807, 2.05) is 12.1 Å². The Kier molecular flexibility index (Phi) is 4.38. The van der Waals surface area contributed by atoms with Gasteiger partial charge in [0.15, 0.2) is 0 Å². The van der Waals surface area contributed by atoms with Gasteiger partial charge >= 0.3 is 0 Å². The van der Waals surface area contributed by atoms with Gasteiger partial charge in [0.25, 0.3) is 0 Å². The lowest BCUT2D eigenvalue weighted by Crippen LogP contribution is -2.36. The van der Waals surface area contributed by atoms with E-state index < -0.39 is 10.0 Å². The van der Waals surface area contributed by atoms with Crippen LogP contribution < -0.4 is 9.88 Å². The van der Waals surface area contributed by atoms with Crippen LogP contribution in [0.1, 0.15) is 25.7 Å². The molecule has 2 rings (SSSR count). The third-order valence-electron chi connectivity index (χ3n) is 3.54. The van der Waals surface area contributed by atoms with Crippen LogP contribution in [0.25, 0.3) is 0 Å². The highest BCUT2D eigenvalue weighted by atomic mass is 35.5. The first kappa shape index (κ1) is 14.6. The molecular weight excluding hydrogens is 286 g/mol. The molecule has 0 saturated heterocycles. The van der Waals surface area contributed by atoms with Crippen LogP contribution in [0.2, 0.25) is 5.02 Å².